The summed E-state index contributed by atoms with van der Waals surface area (Å²) in [5.74, 6) is 1.35. The van der Waals surface area contributed by atoms with Crippen LogP contribution in [-0.4, -0.2) is 49.5 Å². The molecule has 0 aromatic heterocycles. The average Bonchev–Trinajstić information content (AvgIpc) is 2.98. The van der Waals surface area contributed by atoms with Gasteiger partial charge in [0.2, 0.25) is 0 Å². The molecule has 0 saturated heterocycles. The summed E-state index contributed by atoms with van der Waals surface area (Å²) in [6.07, 6.45) is -0.792. The Bertz CT molecular complexity index is 1490. The van der Waals surface area contributed by atoms with Crippen LogP contribution in [-0.2, 0) is 21.7 Å². The van der Waals surface area contributed by atoms with Gasteiger partial charge in [0.25, 0.3) is 5.91 Å². The monoisotopic (exact) mass is 589 g/mol. The number of aliphatic hydroxyl groups is 1. The number of fused-ring (bicyclic) bond motifs is 2. The predicted octanol–water partition coefficient (Wildman–Crippen LogP) is 5.29. The molecule has 43 heavy (non-hydrogen) atoms. The molecule has 3 N–H and O–H groups in total. The van der Waals surface area contributed by atoms with E-state index in [0.29, 0.717) is 48.1 Å². The lowest BCUT2D eigenvalue weighted by atomic mass is 9.93. The van der Waals surface area contributed by atoms with Crippen LogP contribution < -0.4 is 29.7 Å². The van der Waals surface area contributed by atoms with E-state index in [-0.39, 0.29) is 19.1 Å². The van der Waals surface area contributed by atoms with Crippen molar-refractivity contribution in [2.24, 2.45) is 0 Å². The third-order valence-corrected chi connectivity index (χ3v) is 7.76. The zero-order valence-corrected chi connectivity index (χ0v) is 25.2. The SMILES string of the molecule is COc1ccc2c(c1)C(C)(C)OC(=O)N2CCC(C)(C)NCC(O)c1cc(OCc2ccccc2)cc2c1OCC(=O)N2. The maximum absolute atomic E-state index is 13.0. The van der Waals surface area contributed by atoms with E-state index in [4.69, 9.17) is 18.9 Å². The molecule has 0 bridgehead atoms. The second kappa shape index (κ2) is 12.1. The molecule has 2 amide bonds. The van der Waals surface area contributed by atoms with E-state index in [1.54, 1.807) is 24.1 Å². The Morgan fingerprint density at radius 2 is 1.86 bits per heavy atom. The van der Waals surface area contributed by atoms with Crippen LogP contribution >= 0.6 is 0 Å². The second-order valence-corrected chi connectivity index (χ2v) is 11.9. The van der Waals surface area contributed by atoms with E-state index in [2.05, 4.69) is 10.6 Å². The van der Waals surface area contributed by atoms with Crippen LogP contribution in [0.15, 0.2) is 60.7 Å². The highest BCUT2D eigenvalue weighted by Gasteiger charge is 2.39. The van der Waals surface area contributed by atoms with Crippen molar-refractivity contribution in [2.45, 2.75) is 58.0 Å². The molecule has 3 aromatic rings. The number of β-amino-alcohol motifs (C(OH)–C–C–N with tert-alkyl or cyclic N) is 1. The summed E-state index contributed by atoms with van der Waals surface area (Å²) in [6, 6.07) is 18.8. The van der Waals surface area contributed by atoms with E-state index < -0.39 is 23.3 Å². The lowest BCUT2D eigenvalue weighted by Gasteiger charge is -2.40. The van der Waals surface area contributed by atoms with Crippen LogP contribution in [0, 0.1) is 0 Å². The van der Waals surface area contributed by atoms with Crippen molar-refractivity contribution < 1.29 is 33.6 Å². The summed E-state index contributed by atoms with van der Waals surface area (Å²) in [7, 11) is 1.61. The third-order valence-electron chi connectivity index (χ3n) is 7.76. The molecule has 1 atom stereocenters. The Morgan fingerprint density at radius 3 is 2.60 bits per heavy atom. The molecule has 228 valence electrons. The van der Waals surface area contributed by atoms with Gasteiger partial charge in [-0.25, -0.2) is 4.79 Å². The largest absolute Gasteiger partial charge is 0.497 e. The van der Waals surface area contributed by atoms with Crippen molar-refractivity contribution in [3.8, 4) is 17.2 Å². The number of anilines is 2. The van der Waals surface area contributed by atoms with Crippen LogP contribution in [0.4, 0.5) is 16.2 Å². The van der Waals surface area contributed by atoms with Gasteiger partial charge in [-0.2, -0.15) is 0 Å². The van der Waals surface area contributed by atoms with Gasteiger partial charge >= 0.3 is 6.09 Å². The predicted molar refractivity (Wildman–Crippen MR) is 163 cm³/mol. The molecule has 0 spiro atoms. The third kappa shape index (κ3) is 6.87. The maximum Gasteiger partial charge on any atom is 0.415 e. The van der Waals surface area contributed by atoms with Gasteiger partial charge in [-0.15, -0.1) is 0 Å². The first kappa shape index (κ1) is 30.2. The van der Waals surface area contributed by atoms with Crippen LogP contribution in [0.3, 0.4) is 0 Å². The van der Waals surface area contributed by atoms with E-state index >= 15 is 0 Å². The number of carbonyl (C=O) groups excluding carboxylic acids is 2. The minimum atomic E-state index is -0.961. The number of aliphatic hydroxyl groups excluding tert-OH is 1. The molecular formula is C33H39N3O7. The smallest absolute Gasteiger partial charge is 0.415 e. The van der Waals surface area contributed by atoms with E-state index in [1.165, 1.54) is 0 Å². The molecule has 10 nitrogen and oxygen atoms in total. The van der Waals surface area contributed by atoms with Crippen LogP contribution in [0.2, 0.25) is 0 Å². The summed E-state index contributed by atoms with van der Waals surface area (Å²) >= 11 is 0. The fourth-order valence-electron chi connectivity index (χ4n) is 5.23. The number of hydrogen-bond acceptors (Lipinski definition) is 8. The highest BCUT2D eigenvalue weighted by atomic mass is 16.6. The Morgan fingerprint density at radius 1 is 1.09 bits per heavy atom. The summed E-state index contributed by atoms with van der Waals surface area (Å²) < 4.78 is 22.9. The topological polar surface area (TPSA) is 119 Å². The number of rotatable bonds is 11. The quantitative estimate of drug-likeness (QED) is 0.276. The van der Waals surface area contributed by atoms with Crippen molar-refractivity contribution in [2.75, 3.05) is 37.0 Å². The van der Waals surface area contributed by atoms with Crippen molar-refractivity contribution in [3.63, 3.8) is 0 Å². The Labute approximate surface area is 251 Å². The van der Waals surface area contributed by atoms with Gasteiger partial charge in [0.1, 0.15) is 29.5 Å². The molecule has 5 rings (SSSR count). The molecule has 0 radical (unpaired) electrons. The number of carbonyl (C=O) groups is 2. The zero-order chi connectivity index (χ0) is 30.8. The van der Waals surface area contributed by atoms with Crippen molar-refractivity contribution in [3.05, 3.63) is 77.4 Å². The molecule has 2 heterocycles. The van der Waals surface area contributed by atoms with E-state index in [9.17, 15) is 14.7 Å². The zero-order valence-electron chi connectivity index (χ0n) is 25.2. The summed E-state index contributed by atoms with van der Waals surface area (Å²) in [5.41, 5.74) is 2.38. The van der Waals surface area contributed by atoms with Gasteiger partial charge < -0.3 is 34.7 Å². The highest BCUT2D eigenvalue weighted by Crippen LogP contribution is 2.42. The number of hydrogen-bond donors (Lipinski definition) is 3. The fourth-order valence-corrected chi connectivity index (χ4v) is 5.23. The number of ether oxygens (including phenoxy) is 4. The molecule has 0 fully saturated rings. The number of nitrogens with zero attached hydrogens (tertiary/aromatic N) is 1. The Kier molecular flexibility index (Phi) is 8.52. The van der Waals surface area contributed by atoms with Crippen molar-refractivity contribution >= 4 is 23.4 Å². The number of cyclic esters (lactones) is 1. The lowest BCUT2D eigenvalue weighted by molar-refractivity contribution is -0.118. The maximum atomic E-state index is 13.0. The summed E-state index contributed by atoms with van der Waals surface area (Å²) in [4.78, 5) is 26.7. The van der Waals surface area contributed by atoms with Crippen molar-refractivity contribution in [1.82, 2.24) is 5.32 Å². The molecular weight excluding hydrogens is 550 g/mol. The summed E-state index contributed by atoms with van der Waals surface area (Å²) in [6.45, 7) is 8.56. The van der Waals surface area contributed by atoms with Gasteiger partial charge in [0.05, 0.1) is 24.6 Å². The van der Waals surface area contributed by atoms with Gasteiger partial charge in [-0.3, -0.25) is 9.69 Å². The molecule has 3 aromatic carbocycles. The minimum Gasteiger partial charge on any atom is -0.497 e. The van der Waals surface area contributed by atoms with Gasteiger partial charge in [0, 0.05) is 35.8 Å². The molecule has 0 aliphatic carbocycles. The van der Waals surface area contributed by atoms with Crippen LogP contribution in [0.1, 0.15) is 56.9 Å². The molecule has 2 aliphatic heterocycles. The summed E-state index contributed by atoms with van der Waals surface area (Å²) in [5, 5.41) is 17.6. The minimum absolute atomic E-state index is 0.133. The van der Waals surface area contributed by atoms with Crippen molar-refractivity contribution in [1.29, 1.82) is 0 Å². The normalized spacial score (nSPS) is 16.3. The first-order valence-electron chi connectivity index (χ1n) is 14.4. The number of benzene rings is 3. The van der Waals surface area contributed by atoms with Gasteiger partial charge in [0.15, 0.2) is 6.61 Å². The number of amides is 2. The highest BCUT2D eigenvalue weighted by molar-refractivity contribution is 5.96. The second-order valence-electron chi connectivity index (χ2n) is 11.9. The number of methoxy groups -OCH3 is 1. The standard InChI is InChI=1S/C33H39N3O7/c1-32(2,13-14-36-27-12-11-22(40-5)16-25(27)33(3,4)43-31(36)39)34-18-28(37)24-15-23(41-19-21-9-7-6-8-10-21)17-26-30(24)42-20-29(38)35-26/h6-12,15-17,28,34,37H,13-14,18-20H2,1-5H3,(H,35,38). The number of nitrogens with one attached hydrogen (secondary N) is 2. The van der Waals surface area contributed by atoms with Crippen LogP contribution in [0.5, 0.6) is 17.2 Å². The Balaban J connectivity index is 1.27. The first-order chi connectivity index (χ1) is 20.5. The van der Waals surface area contributed by atoms with Crippen LogP contribution in [0.25, 0.3) is 0 Å². The lowest BCUT2D eigenvalue weighted by Crippen LogP contribution is -2.48. The van der Waals surface area contributed by atoms with E-state index in [1.807, 2.05) is 76.2 Å². The molecule has 1 unspecified atom stereocenters. The van der Waals surface area contributed by atoms with Gasteiger partial charge in [-0.1, -0.05) is 30.3 Å². The van der Waals surface area contributed by atoms with E-state index in [0.717, 1.165) is 16.8 Å². The molecule has 2 aliphatic rings. The average molecular weight is 590 g/mol. The first-order valence-corrected chi connectivity index (χ1v) is 14.4. The fraction of sp³-hybridized carbons (Fsp3) is 0.394. The van der Waals surface area contributed by atoms with Gasteiger partial charge in [-0.05, 0) is 63.9 Å². The molecule has 10 heteroatoms. The Hall–Kier alpha value is -4.28. The molecule has 0 saturated carbocycles.